The van der Waals surface area contributed by atoms with Crippen LogP contribution in [0.4, 0.5) is 11.4 Å². The SMILES string of the molecule is CC(C(=O)OCC(=O)Nc1ccc(Cl)cc1)N1C(=O)c2ccc(C(=O)OCC(=O)Nc3ccc(Cl)cc3)cc2C1=O. The second kappa shape index (κ2) is 12.6. The lowest BCUT2D eigenvalue weighted by molar-refractivity contribution is -0.150. The van der Waals surface area contributed by atoms with Crippen LogP contribution in [0.5, 0.6) is 0 Å². The molecule has 1 unspecified atom stereocenters. The van der Waals surface area contributed by atoms with E-state index in [9.17, 15) is 28.8 Å². The molecule has 1 heterocycles. The van der Waals surface area contributed by atoms with Gasteiger partial charge in [0.15, 0.2) is 13.2 Å². The molecule has 1 atom stereocenters. The Balaban J connectivity index is 1.33. The molecule has 4 amide bonds. The summed E-state index contributed by atoms with van der Waals surface area (Å²) in [5, 5.41) is 6.02. The molecule has 0 saturated carbocycles. The number of hydrogen-bond acceptors (Lipinski definition) is 8. The summed E-state index contributed by atoms with van der Waals surface area (Å²) in [6, 6.07) is 14.8. The molecule has 210 valence electrons. The van der Waals surface area contributed by atoms with E-state index in [-0.39, 0.29) is 16.7 Å². The lowest BCUT2D eigenvalue weighted by atomic mass is 10.1. The predicted octanol–water partition coefficient (Wildman–Crippen LogP) is 3.96. The van der Waals surface area contributed by atoms with Crippen LogP contribution >= 0.6 is 23.2 Å². The quantitative estimate of drug-likeness (QED) is 0.278. The van der Waals surface area contributed by atoms with E-state index in [1.165, 1.54) is 19.1 Å². The molecule has 2 N–H and O–H groups in total. The van der Waals surface area contributed by atoms with Crippen LogP contribution in [0, 0.1) is 0 Å². The van der Waals surface area contributed by atoms with Crippen LogP contribution in [-0.4, -0.2) is 59.7 Å². The highest BCUT2D eigenvalue weighted by Crippen LogP contribution is 2.26. The van der Waals surface area contributed by atoms with E-state index in [1.807, 2.05) is 0 Å². The Morgan fingerprint density at radius 3 is 1.76 bits per heavy atom. The first-order valence-electron chi connectivity index (χ1n) is 12.0. The van der Waals surface area contributed by atoms with Gasteiger partial charge >= 0.3 is 11.9 Å². The Morgan fingerprint density at radius 2 is 1.22 bits per heavy atom. The number of carbonyl (C=O) groups excluding carboxylic acids is 6. The van der Waals surface area contributed by atoms with Crippen LogP contribution in [-0.2, 0) is 23.9 Å². The van der Waals surface area contributed by atoms with Crippen molar-refractivity contribution in [3.8, 4) is 0 Å². The minimum Gasteiger partial charge on any atom is -0.454 e. The average Bonchev–Trinajstić information content (AvgIpc) is 3.21. The third kappa shape index (κ3) is 7.07. The highest BCUT2D eigenvalue weighted by atomic mass is 35.5. The third-order valence-electron chi connectivity index (χ3n) is 5.82. The van der Waals surface area contributed by atoms with Crippen molar-refractivity contribution in [2.75, 3.05) is 23.8 Å². The zero-order chi connectivity index (χ0) is 29.7. The van der Waals surface area contributed by atoms with Gasteiger partial charge in [0.25, 0.3) is 23.6 Å². The van der Waals surface area contributed by atoms with Crippen LogP contribution in [0.15, 0.2) is 66.7 Å². The highest BCUT2D eigenvalue weighted by molar-refractivity contribution is 6.31. The van der Waals surface area contributed by atoms with Gasteiger partial charge in [-0.3, -0.25) is 24.1 Å². The fourth-order valence-corrected chi connectivity index (χ4v) is 4.03. The van der Waals surface area contributed by atoms with Crippen LogP contribution in [0.2, 0.25) is 10.0 Å². The third-order valence-corrected chi connectivity index (χ3v) is 6.32. The predicted molar refractivity (Wildman–Crippen MR) is 148 cm³/mol. The lowest BCUT2D eigenvalue weighted by Gasteiger charge is -2.20. The first-order valence-corrected chi connectivity index (χ1v) is 12.8. The van der Waals surface area contributed by atoms with E-state index >= 15 is 0 Å². The number of fused-ring (bicyclic) bond motifs is 1. The second-order valence-corrected chi connectivity index (χ2v) is 9.58. The Hall–Kier alpha value is -4.74. The molecule has 0 aromatic heterocycles. The zero-order valence-electron chi connectivity index (χ0n) is 21.3. The number of carbonyl (C=O) groups is 6. The molecule has 1 aliphatic rings. The smallest absolute Gasteiger partial charge is 0.338 e. The molecular formula is C28H21Cl2N3O8. The van der Waals surface area contributed by atoms with Gasteiger partial charge in [0, 0.05) is 21.4 Å². The molecule has 3 aromatic carbocycles. The number of esters is 2. The van der Waals surface area contributed by atoms with Crippen LogP contribution < -0.4 is 10.6 Å². The van der Waals surface area contributed by atoms with Crippen molar-refractivity contribution in [3.05, 3.63) is 93.5 Å². The number of hydrogen-bond donors (Lipinski definition) is 2. The standard InChI is InChI=1S/C28H21Cl2N3O8/c1-15(27(38)40-13-23(34)31-19-7-3-17(29)4-8-19)33-25(36)21-11-2-16(12-22(21)26(33)37)28(39)41-14-24(35)32-20-9-5-18(30)6-10-20/h2-12,15H,13-14H2,1H3,(H,31,34)(H,32,35). The van der Waals surface area contributed by atoms with Crippen LogP contribution in [0.25, 0.3) is 0 Å². The summed E-state index contributed by atoms with van der Waals surface area (Å²) >= 11 is 11.6. The number of ether oxygens (including phenoxy) is 2. The monoisotopic (exact) mass is 597 g/mol. The summed E-state index contributed by atoms with van der Waals surface area (Å²) in [5.41, 5.74) is 0.634. The summed E-state index contributed by atoms with van der Waals surface area (Å²) in [6.45, 7) is 0.0121. The van der Waals surface area contributed by atoms with E-state index in [0.717, 1.165) is 6.07 Å². The molecule has 0 radical (unpaired) electrons. The van der Waals surface area contributed by atoms with E-state index in [0.29, 0.717) is 26.3 Å². The molecule has 13 heteroatoms. The van der Waals surface area contributed by atoms with Crippen molar-refractivity contribution < 1.29 is 38.2 Å². The van der Waals surface area contributed by atoms with Crippen LogP contribution in [0.3, 0.4) is 0 Å². The van der Waals surface area contributed by atoms with Gasteiger partial charge in [0.2, 0.25) is 0 Å². The Labute approximate surface area is 243 Å². The highest BCUT2D eigenvalue weighted by Gasteiger charge is 2.42. The van der Waals surface area contributed by atoms with E-state index in [2.05, 4.69) is 10.6 Å². The first kappa shape index (κ1) is 29.2. The summed E-state index contributed by atoms with van der Waals surface area (Å²) in [6.07, 6.45) is 0. The Morgan fingerprint density at radius 1 is 0.732 bits per heavy atom. The maximum absolute atomic E-state index is 13.0. The van der Waals surface area contributed by atoms with E-state index < -0.39 is 54.8 Å². The fraction of sp³-hybridized carbons (Fsp3) is 0.143. The topological polar surface area (TPSA) is 148 Å². The van der Waals surface area contributed by atoms with Gasteiger partial charge in [-0.1, -0.05) is 23.2 Å². The molecule has 11 nitrogen and oxygen atoms in total. The van der Waals surface area contributed by atoms with E-state index in [4.69, 9.17) is 32.7 Å². The molecule has 1 aliphatic heterocycles. The van der Waals surface area contributed by atoms with Crippen molar-refractivity contribution in [2.45, 2.75) is 13.0 Å². The summed E-state index contributed by atoms with van der Waals surface area (Å²) in [5.74, 6) is -4.75. The number of benzene rings is 3. The molecule has 0 bridgehead atoms. The minimum absolute atomic E-state index is 0.0350. The maximum Gasteiger partial charge on any atom is 0.338 e. The molecule has 0 fully saturated rings. The average molecular weight is 598 g/mol. The number of nitrogens with zero attached hydrogens (tertiary/aromatic N) is 1. The molecule has 3 aromatic rings. The van der Waals surface area contributed by atoms with Crippen molar-refractivity contribution in [2.24, 2.45) is 0 Å². The van der Waals surface area contributed by atoms with Gasteiger partial charge in [-0.2, -0.15) is 0 Å². The summed E-state index contributed by atoms with van der Waals surface area (Å²) in [4.78, 5) is 75.8. The fourth-order valence-electron chi connectivity index (χ4n) is 3.78. The number of halogens is 2. The van der Waals surface area contributed by atoms with Crippen LogP contribution in [0.1, 0.15) is 38.0 Å². The van der Waals surface area contributed by atoms with Gasteiger partial charge < -0.3 is 20.1 Å². The van der Waals surface area contributed by atoms with Gasteiger partial charge in [-0.25, -0.2) is 9.59 Å². The summed E-state index contributed by atoms with van der Waals surface area (Å²) < 4.78 is 10.0. The first-order chi connectivity index (χ1) is 19.5. The molecule has 41 heavy (non-hydrogen) atoms. The maximum atomic E-state index is 13.0. The zero-order valence-corrected chi connectivity index (χ0v) is 22.8. The summed E-state index contributed by atoms with van der Waals surface area (Å²) in [7, 11) is 0. The second-order valence-electron chi connectivity index (χ2n) is 8.71. The van der Waals surface area contributed by atoms with Crippen molar-refractivity contribution in [1.29, 1.82) is 0 Å². The van der Waals surface area contributed by atoms with Crippen molar-refractivity contribution in [1.82, 2.24) is 4.90 Å². The Kier molecular flexibility index (Phi) is 9.00. The van der Waals surface area contributed by atoms with Gasteiger partial charge in [0.1, 0.15) is 6.04 Å². The number of anilines is 2. The van der Waals surface area contributed by atoms with Gasteiger partial charge in [-0.15, -0.1) is 0 Å². The number of rotatable bonds is 9. The molecule has 4 rings (SSSR count). The molecule has 0 saturated heterocycles. The molecule has 0 aliphatic carbocycles. The van der Waals surface area contributed by atoms with Gasteiger partial charge in [-0.05, 0) is 73.7 Å². The van der Waals surface area contributed by atoms with E-state index in [1.54, 1.807) is 48.5 Å². The number of imide groups is 1. The number of amides is 4. The Bertz CT molecular complexity index is 1540. The van der Waals surface area contributed by atoms with Crippen molar-refractivity contribution >= 4 is 70.1 Å². The minimum atomic E-state index is -1.36. The molecular weight excluding hydrogens is 577 g/mol. The lowest BCUT2D eigenvalue weighted by Crippen LogP contribution is -2.44. The number of nitrogens with one attached hydrogen (secondary N) is 2. The molecule has 0 spiro atoms. The largest absolute Gasteiger partial charge is 0.454 e. The van der Waals surface area contributed by atoms with Gasteiger partial charge in [0.05, 0.1) is 16.7 Å². The van der Waals surface area contributed by atoms with Crippen molar-refractivity contribution in [3.63, 3.8) is 0 Å². The normalized spacial score (nSPS) is 12.8.